The van der Waals surface area contributed by atoms with E-state index in [0.29, 0.717) is 10.6 Å². The van der Waals surface area contributed by atoms with Gasteiger partial charge in [0.25, 0.3) is 0 Å². The van der Waals surface area contributed by atoms with Crippen molar-refractivity contribution in [1.82, 2.24) is 4.90 Å². The van der Waals surface area contributed by atoms with Crippen molar-refractivity contribution in [2.24, 2.45) is 0 Å². The van der Waals surface area contributed by atoms with Gasteiger partial charge in [-0.25, -0.2) is 4.79 Å². The molecule has 2 atom stereocenters. The molecule has 0 bridgehead atoms. The number of aliphatic hydroxyl groups is 2. The van der Waals surface area contributed by atoms with Gasteiger partial charge in [-0.3, -0.25) is 0 Å². The van der Waals surface area contributed by atoms with Crippen LogP contribution in [0.2, 0.25) is 5.02 Å². The number of hydrogen-bond donors (Lipinski definition) is 3. The topological polar surface area (TPSA) is 81.0 Å². The van der Waals surface area contributed by atoms with Crippen LogP contribution in [-0.2, 0) is 5.60 Å². The Kier molecular flexibility index (Phi) is 3.47. The molecule has 0 spiro atoms. The van der Waals surface area contributed by atoms with Crippen molar-refractivity contribution in [2.75, 3.05) is 13.1 Å². The Morgan fingerprint density at radius 3 is 2.37 bits per heavy atom. The van der Waals surface area contributed by atoms with Gasteiger partial charge in [0.05, 0.1) is 6.54 Å². The maximum Gasteiger partial charge on any atom is 0.407 e. The molecule has 0 saturated carbocycles. The highest BCUT2D eigenvalue weighted by Crippen LogP contribution is 2.40. The van der Waals surface area contributed by atoms with Crippen LogP contribution in [0.25, 0.3) is 0 Å². The molecule has 1 saturated heterocycles. The lowest BCUT2D eigenvalue weighted by molar-refractivity contribution is -0.181. The fourth-order valence-electron chi connectivity index (χ4n) is 2.49. The summed E-state index contributed by atoms with van der Waals surface area (Å²) in [6.07, 6.45) is -0.966. The van der Waals surface area contributed by atoms with Crippen LogP contribution in [0.1, 0.15) is 18.9 Å². The maximum absolute atomic E-state index is 11.0. The number of nitrogens with zero attached hydrogens (tertiary/aromatic N) is 1. The van der Waals surface area contributed by atoms with Gasteiger partial charge in [0.2, 0.25) is 0 Å². The van der Waals surface area contributed by atoms with Gasteiger partial charge in [-0.2, -0.15) is 0 Å². The second-order valence-corrected chi connectivity index (χ2v) is 5.53. The Hall–Kier alpha value is -1.30. The maximum atomic E-state index is 11.0. The van der Waals surface area contributed by atoms with E-state index in [-0.39, 0.29) is 19.5 Å². The van der Waals surface area contributed by atoms with Crippen LogP contribution in [0.5, 0.6) is 0 Å². The smallest absolute Gasteiger partial charge is 0.407 e. The number of carbonyl (C=O) groups is 1. The summed E-state index contributed by atoms with van der Waals surface area (Å²) >= 11 is 5.80. The molecule has 6 heteroatoms. The lowest BCUT2D eigenvalue weighted by Gasteiger charge is -2.48. The molecule has 0 radical (unpaired) electrons. The predicted octanol–water partition coefficient (Wildman–Crippen LogP) is 1.66. The van der Waals surface area contributed by atoms with Crippen molar-refractivity contribution in [3.8, 4) is 0 Å². The number of piperidine rings is 1. The largest absolute Gasteiger partial charge is 0.465 e. The van der Waals surface area contributed by atoms with Crippen molar-refractivity contribution in [2.45, 2.75) is 24.5 Å². The van der Waals surface area contributed by atoms with Gasteiger partial charge in [0.15, 0.2) is 0 Å². The molecule has 1 heterocycles. The summed E-state index contributed by atoms with van der Waals surface area (Å²) in [4.78, 5) is 12.1. The van der Waals surface area contributed by atoms with Crippen molar-refractivity contribution in [3.05, 3.63) is 34.9 Å². The van der Waals surface area contributed by atoms with E-state index >= 15 is 0 Å². The van der Waals surface area contributed by atoms with Crippen LogP contribution in [0.3, 0.4) is 0 Å². The van der Waals surface area contributed by atoms with Crippen molar-refractivity contribution in [3.63, 3.8) is 0 Å². The van der Waals surface area contributed by atoms with E-state index in [2.05, 4.69) is 0 Å². The number of rotatable bonds is 1. The fraction of sp³-hybridized carbons (Fsp3) is 0.462. The third-order valence-corrected chi connectivity index (χ3v) is 3.98. The number of benzene rings is 1. The molecule has 0 aromatic heterocycles. The molecule has 2 rings (SSSR count). The summed E-state index contributed by atoms with van der Waals surface area (Å²) in [5.41, 5.74) is -2.51. The first-order valence-corrected chi connectivity index (χ1v) is 6.33. The standard InChI is InChI=1S/C13H16ClNO4/c1-12(18)8-15(11(16)17)7-6-13(12,19)9-2-4-10(14)5-3-9/h2-5,18-19H,6-8H2,1H3,(H,16,17). The third-order valence-electron chi connectivity index (χ3n) is 3.73. The average molecular weight is 286 g/mol. The van der Waals surface area contributed by atoms with E-state index in [4.69, 9.17) is 16.7 Å². The van der Waals surface area contributed by atoms with Gasteiger partial charge in [-0.05, 0) is 24.6 Å². The van der Waals surface area contributed by atoms with E-state index in [1.165, 1.54) is 6.92 Å². The molecule has 1 aromatic carbocycles. The van der Waals surface area contributed by atoms with Gasteiger partial charge >= 0.3 is 6.09 Å². The molecule has 5 nitrogen and oxygen atoms in total. The molecule has 1 aliphatic heterocycles. The Bertz CT molecular complexity index is 488. The molecule has 2 unspecified atom stereocenters. The number of hydrogen-bond acceptors (Lipinski definition) is 3. The molecule has 104 valence electrons. The molecule has 1 aliphatic rings. The van der Waals surface area contributed by atoms with Crippen LogP contribution in [0.4, 0.5) is 4.79 Å². The van der Waals surface area contributed by atoms with Crippen molar-refractivity contribution in [1.29, 1.82) is 0 Å². The number of amides is 1. The van der Waals surface area contributed by atoms with Crippen LogP contribution in [-0.4, -0.2) is 45.0 Å². The third kappa shape index (κ3) is 2.41. The van der Waals surface area contributed by atoms with Crippen LogP contribution >= 0.6 is 11.6 Å². The van der Waals surface area contributed by atoms with Gasteiger partial charge in [-0.1, -0.05) is 23.7 Å². The SMILES string of the molecule is CC1(O)CN(C(=O)O)CCC1(O)c1ccc(Cl)cc1. The van der Waals surface area contributed by atoms with E-state index in [1.807, 2.05) is 0 Å². The van der Waals surface area contributed by atoms with Crippen LogP contribution in [0.15, 0.2) is 24.3 Å². The van der Waals surface area contributed by atoms with E-state index < -0.39 is 17.3 Å². The molecular weight excluding hydrogens is 270 g/mol. The lowest BCUT2D eigenvalue weighted by Crippen LogP contribution is -2.62. The first kappa shape index (κ1) is 14.1. The zero-order valence-electron chi connectivity index (χ0n) is 10.5. The summed E-state index contributed by atoms with van der Waals surface area (Å²) < 4.78 is 0. The van der Waals surface area contributed by atoms with Gasteiger partial charge in [0, 0.05) is 18.0 Å². The number of β-amino-alcohol motifs (C(OH)–C–C–N with tert-alkyl or cyclic N) is 1. The first-order valence-electron chi connectivity index (χ1n) is 5.95. The Morgan fingerprint density at radius 2 is 1.89 bits per heavy atom. The monoisotopic (exact) mass is 285 g/mol. The fourth-order valence-corrected chi connectivity index (χ4v) is 2.62. The number of likely N-dealkylation sites (tertiary alicyclic amines) is 1. The highest BCUT2D eigenvalue weighted by Gasteiger charge is 2.51. The van der Waals surface area contributed by atoms with Crippen molar-refractivity contribution < 1.29 is 20.1 Å². The van der Waals surface area contributed by atoms with Gasteiger partial charge in [0.1, 0.15) is 11.2 Å². The molecule has 1 aromatic rings. The highest BCUT2D eigenvalue weighted by molar-refractivity contribution is 6.30. The van der Waals surface area contributed by atoms with Crippen molar-refractivity contribution >= 4 is 17.7 Å². The second-order valence-electron chi connectivity index (χ2n) is 5.10. The van der Waals surface area contributed by atoms with E-state index in [1.54, 1.807) is 24.3 Å². The summed E-state index contributed by atoms with van der Waals surface area (Å²) in [7, 11) is 0. The zero-order valence-corrected chi connectivity index (χ0v) is 11.3. The number of carboxylic acid groups (broad SMARTS) is 1. The molecule has 1 amide bonds. The summed E-state index contributed by atoms with van der Waals surface area (Å²) in [6.45, 7) is 1.47. The Labute approximate surface area is 116 Å². The predicted molar refractivity (Wildman–Crippen MR) is 70.2 cm³/mol. The molecule has 19 heavy (non-hydrogen) atoms. The van der Waals surface area contributed by atoms with Gasteiger partial charge in [-0.15, -0.1) is 0 Å². The summed E-state index contributed by atoms with van der Waals surface area (Å²) in [6, 6.07) is 6.56. The Balaban J connectivity index is 2.33. The molecule has 1 fully saturated rings. The minimum Gasteiger partial charge on any atom is -0.465 e. The first-order chi connectivity index (χ1) is 8.76. The molecule has 3 N–H and O–H groups in total. The zero-order chi connectivity index (χ0) is 14.3. The Morgan fingerprint density at radius 1 is 1.32 bits per heavy atom. The summed E-state index contributed by atoms with van der Waals surface area (Å²) in [5.74, 6) is 0. The second kappa shape index (κ2) is 4.67. The number of halogens is 1. The summed E-state index contributed by atoms with van der Waals surface area (Å²) in [5, 5.41) is 30.7. The normalized spacial score (nSPS) is 31.3. The lowest BCUT2D eigenvalue weighted by atomic mass is 9.73. The van der Waals surface area contributed by atoms with Crippen LogP contribution in [0, 0.1) is 0 Å². The van der Waals surface area contributed by atoms with E-state index in [0.717, 1.165) is 4.90 Å². The quantitative estimate of drug-likeness (QED) is 0.733. The minimum absolute atomic E-state index is 0.133. The minimum atomic E-state index is -1.56. The molecule has 0 aliphatic carbocycles. The molecular formula is C13H16ClNO4. The van der Waals surface area contributed by atoms with Gasteiger partial charge < -0.3 is 20.2 Å². The van der Waals surface area contributed by atoms with Crippen LogP contribution < -0.4 is 0 Å². The van der Waals surface area contributed by atoms with E-state index in [9.17, 15) is 15.0 Å². The highest BCUT2D eigenvalue weighted by atomic mass is 35.5. The average Bonchev–Trinajstić information content (AvgIpc) is 2.33.